The number of H-pyrrole nitrogens is 2. The molecule has 174 valence electrons. The number of aromatic amines is 2. The summed E-state index contributed by atoms with van der Waals surface area (Å²) in [6.07, 6.45) is 3.35. The molecule has 0 unspecified atom stereocenters. The molecule has 1 aliphatic carbocycles. The van der Waals surface area contributed by atoms with Crippen molar-refractivity contribution in [2.45, 2.75) is 19.5 Å². The fourth-order valence-corrected chi connectivity index (χ4v) is 5.00. The van der Waals surface area contributed by atoms with Crippen LogP contribution in [0, 0.1) is 10.7 Å². The van der Waals surface area contributed by atoms with E-state index in [-0.39, 0.29) is 10.9 Å². The number of aromatic nitrogens is 3. The molecule has 3 aliphatic rings. The summed E-state index contributed by atoms with van der Waals surface area (Å²) in [5.41, 5.74) is 4.70. The van der Waals surface area contributed by atoms with Gasteiger partial charge in [0.1, 0.15) is 10.7 Å². The SMILES string of the molecule is O=c1c2[nH][nH]n(Cc3ccc(C4=CCN(Cc5ccccc5)CC4)cc3)c=2c(=O)c2ccccc12. The Morgan fingerprint density at radius 2 is 1.43 bits per heavy atom. The summed E-state index contributed by atoms with van der Waals surface area (Å²) in [6, 6.07) is 26.1. The minimum Gasteiger partial charge on any atom is -0.295 e. The van der Waals surface area contributed by atoms with Crippen molar-refractivity contribution in [2.75, 3.05) is 13.1 Å². The van der Waals surface area contributed by atoms with Crippen LogP contribution in [0.5, 0.6) is 0 Å². The van der Waals surface area contributed by atoms with Gasteiger partial charge in [-0.05, 0) is 28.7 Å². The average molecular weight is 463 g/mol. The van der Waals surface area contributed by atoms with Gasteiger partial charge in [0.05, 0.1) is 6.54 Å². The lowest BCUT2D eigenvalue weighted by Gasteiger charge is -2.26. The van der Waals surface area contributed by atoms with Crippen LogP contribution < -0.4 is 10.9 Å². The largest absolute Gasteiger partial charge is 0.295 e. The summed E-state index contributed by atoms with van der Waals surface area (Å²) >= 11 is 0. The van der Waals surface area contributed by atoms with Crippen LogP contribution in [0.4, 0.5) is 0 Å². The first-order chi connectivity index (χ1) is 17.2. The van der Waals surface area contributed by atoms with Crippen LogP contribution in [0.1, 0.15) is 23.1 Å². The van der Waals surface area contributed by atoms with Gasteiger partial charge >= 0.3 is 0 Å². The fraction of sp³-hybridized carbons (Fsp3) is 0.172. The van der Waals surface area contributed by atoms with E-state index in [2.05, 4.69) is 75.9 Å². The Bertz CT molecular complexity index is 1710. The van der Waals surface area contributed by atoms with Crippen LogP contribution in [0.2, 0.25) is 0 Å². The van der Waals surface area contributed by atoms with E-state index in [4.69, 9.17) is 0 Å². The van der Waals surface area contributed by atoms with Crippen LogP contribution in [0.3, 0.4) is 0 Å². The quantitative estimate of drug-likeness (QED) is 0.413. The Morgan fingerprint density at radius 3 is 2.14 bits per heavy atom. The molecule has 0 radical (unpaired) electrons. The molecule has 0 saturated carbocycles. The van der Waals surface area contributed by atoms with Crippen molar-refractivity contribution in [1.82, 2.24) is 19.9 Å². The average Bonchev–Trinajstić information content (AvgIpc) is 3.33. The topological polar surface area (TPSA) is 73.9 Å². The van der Waals surface area contributed by atoms with Crippen molar-refractivity contribution < 1.29 is 0 Å². The van der Waals surface area contributed by atoms with Crippen LogP contribution in [-0.2, 0) is 13.1 Å². The lowest BCUT2D eigenvalue weighted by atomic mass is 9.98. The first kappa shape index (κ1) is 21.4. The van der Waals surface area contributed by atoms with Crippen LogP contribution >= 0.6 is 0 Å². The summed E-state index contributed by atoms with van der Waals surface area (Å²) in [5, 5.41) is 7.50. The van der Waals surface area contributed by atoms with Gasteiger partial charge in [-0.25, -0.2) is 5.21 Å². The molecular formula is C29H26N4O2. The molecule has 0 fully saturated rings. The highest BCUT2D eigenvalue weighted by Crippen LogP contribution is 2.24. The summed E-state index contributed by atoms with van der Waals surface area (Å²) in [5.74, 6) is 0. The number of hydrogen-bond donors (Lipinski definition) is 2. The van der Waals surface area contributed by atoms with Crippen LogP contribution in [0.25, 0.3) is 16.3 Å². The second kappa shape index (κ2) is 8.89. The molecule has 0 bridgehead atoms. The lowest BCUT2D eigenvalue weighted by Crippen LogP contribution is -2.27. The zero-order valence-corrected chi connectivity index (χ0v) is 19.3. The predicted molar refractivity (Wildman–Crippen MR) is 138 cm³/mol. The van der Waals surface area contributed by atoms with E-state index in [1.165, 1.54) is 16.7 Å². The summed E-state index contributed by atoms with van der Waals surface area (Å²) in [6.45, 7) is 3.44. The van der Waals surface area contributed by atoms with E-state index >= 15 is 0 Å². The van der Waals surface area contributed by atoms with Gasteiger partial charge in [0.15, 0.2) is 0 Å². The van der Waals surface area contributed by atoms with E-state index < -0.39 is 0 Å². The third-order valence-electron chi connectivity index (χ3n) is 6.89. The Morgan fingerprint density at radius 1 is 0.743 bits per heavy atom. The molecule has 6 rings (SSSR count). The zero-order chi connectivity index (χ0) is 23.8. The van der Waals surface area contributed by atoms with Crippen molar-refractivity contribution in [3.8, 4) is 0 Å². The van der Waals surface area contributed by atoms with E-state index in [0.717, 1.165) is 31.6 Å². The first-order valence-corrected chi connectivity index (χ1v) is 11.9. The van der Waals surface area contributed by atoms with Crippen molar-refractivity contribution in [1.29, 1.82) is 0 Å². The molecule has 3 aromatic rings. The standard InChI is InChI=1S/C29H26N4O2/c34-28-24-8-4-5-9-25(24)29(35)27-26(28)30-31-33(27)19-21-10-12-22(13-11-21)23-14-16-32(17-15-23)18-20-6-2-1-3-7-20/h1-14,30-31H,15-19H2. The molecule has 0 amide bonds. The molecule has 35 heavy (non-hydrogen) atoms. The van der Waals surface area contributed by atoms with Gasteiger partial charge in [0.2, 0.25) is 10.9 Å². The molecule has 2 heterocycles. The normalized spacial score (nSPS) is 14.5. The Kier molecular flexibility index (Phi) is 5.43. The maximum atomic E-state index is 13.1. The monoisotopic (exact) mass is 462 g/mol. The fourth-order valence-electron chi connectivity index (χ4n) is 5.00. The molecule has 0 saturated heterocycles. The van der Waals surface area contributed by atoms with Gasteiger partial charge < -0.3 is 0 Å². The van der Waals surface area contributed by atoms with Crippen LogP contribution in [0.15, 0.2) is 94.5 Å². The predicted octanol–water partition coefficient (Wildman–Crippen LogP) is 4.08. The molecular weight excluding hydrogens is 436 g/mol. The van der Waals surface area contributed by atoms with E-state index in [1.807, 2.05) is 0 Å². The van der Waals surface area contributed by atoms with Crippen molar-refractivity contribution in [3.05, 3.63) is 133 Å². The molecule has 3 aromatic carbocycles. The van der Waals surface area contributed by atoms with Gasteiger partial charge in [-0.15, -0.1) is 0 Å². The summed E-state index contributed by atoms with van der Waals surface area (Å²) in [4.78, 5) is 28.4. The van der Waals surface area contributed by atoms with Crippen molar-refractivity contribution in [3.63, 3.8) is 0 Å². The highest BCUT2D eigenvalue weighted by molar-refractivity contribution is 5.81. The summed E-state index contributed by atoms with van der Waals surface area (Å²) in [7, 11) is 0. The zero-order valence-electron chi connectivity index (χ0n) is 19.3. The number of nitrogens with one attached hydrogen (secondary N) is 2. The van der Waals surface area contributed by atoms with Gasteiger partial charge in [-0.3, -0.25) is 24.3 Å². The number of fused-ring (bicyclic) bond motifs is 1. The minimum absolute atomic E-state index is 0.142. The van der Waals surface area contributed by atoms with Crippen LogP contribution in [-0.4, -0.2) is 33.0 Å². The van der Waals surface area contributed by atoms with Crippen molar-refractivity contribution >= 4 is 16.3 Å². The smallest absolute Gasteiger partial charge is 0.214 e. The number of rotatable bonds is 5. The summed E-state index contributed by atoms with van der Waals surface area (Å²) < 4.78 is 1.72. The maximum absolute atomic E-state index is 13.1. The second-order valence-corrected chi connectivity index (χ2v) is 9.15. The molecule has 6 nitrogen and oxygen atoms in total. The van der Waals surface area contributed by atoms with E-state index in [9.17, 15) is 9.59 Å². The molecule has 2 N–H and O–H groups in total. The Balaban J connectivity index is 1.22. The van der Waals surface area contributed by atoms with Gasteiger partial charge in [0.25, 0.3) is 0 Å². The van der Waals surface area contributed by atoms with Gasteiger partial charge in [0, 0.05) is 30.4 Å². The second-order valence-electron chi connectivity index (χ2n) is 9.15. The lowest BCUT2D eigenvalue weighted by molar-refractivity contribution is 0.294. The Labute approximate surface area is 201 Å². The number of benzene rings is 3. The molecule has 0 atom stereocenters. The number of nitrogens with zero attached hydrogens (tertiary/aromatic N) is 2. The van der Waals surface area contributed by atoms with E-state index in [0.29, 0.717) is 28.0 Å². The van der Waals surface area contributed by atoms with Crippen molar-refractivity contribution in [2.24, 2.45) is 0 Å². The first-order valence-electron chi connectivity index (χ1n) is 11.9. The Hall–Kier alpha value is -4.16. The molecule has 2 aliphatic heterocycles. The third kappa shape index (κ3) is 4.02. The molecule has 0 aromatic heterocycles. The third-order valence-corrected chi connectivity index (χ3v) is 6.89. The minimum atomic E-state index is -0.161. The number of hydrogen-bond acceptors (Lipinski definition) is 3. The highest BCUT2D eigenvalue weighted by Gasteiger charge is 2.14. The van der Waals surface area contributed by atoms with E-state index in [1.54, 1.807) is 28.9 Å². The highest BCUT2D eigenvalue weighted by atomic mass is 16.1. The maximum Gasteiger partial charge on any atom is 0.214 e. The molecule has 0 spiro atoms. The molecule has 6 heteroatoms. The van der Waals surface area contributed by atoms with Gasteiger partial charge in [-0.1, -0.05) is 84.9 Å². The van der Waals surface area contributed by atoms with Gasteiger partial charge in [-0.2, -0.15) is 0 Å².